The maximum Gasteiger partial charge on any atom is 0.320 e. The molecule has 0 rings (SSSR count). The Kier molecular flexibility index (Phi) is 7.95. The lowest BCUT2D eigenvalue weighted by Crippen LogP contribution is -2.33. The third kappa shape index (κ3) is 6.42. The molecule has 0 saturated carbocycles. The second-order valence-corrected chi connectivity index (χ2v) is 4.20. The van der Waals surface area contributed by atoms with Crippen molar-refractivity contribution in [1.29, 1.82) is 10.5 Å². The first-order valence-electron chi connectivity index (χ1n) is 6.08. The van der Waals surface area contributed by atoms with Crippen LogP contribution in [0.15, 0.2) is 0 Å². The van der Waals surface area contributed by atoms with E-state index in [0.717, 1.165) is 0 Å². The van der Waals surface area contributed by atoms with E-state index in [4.69, 9.17) is 20.0 Å². The second-order valence-electron chi connectivity index (χ2n) is 4.20. The normalized spacial score (nSPS) is 10.1. The Labute approximate surface area is 112 Å². The molecule has 0 radical (unpaired) electrons. The Balaban J connectivity index is 4.42. The summed E-state index contributed by atoms with van der Waals surface area (Å²) in [5, 5.41) is 16.7. The van der Waals surface area contributed by atoms with E-state index < -0.39 is 17.4 Å². The van der Waals surface area contributed by atoms with Crippen molar-refractivity contribution in [3.05, 3.63) is 0 Å². The highest BCUT2D eigenvalue weighted by Crippen LogP contribution is 2.27. The molecule has 0 aromatic rings. The van der Waals surface area contributed by atoms with Gasteiger partial charge in [-0.3, -0.25) is 9.59 Å². The monoisotopic (exact) mass is 266 g/mol. The molecule has 0 unspecified atom stereocenters. The van der Waals surface area contributed by atoms with E-state index in [-0.39, 0.29) is 26.1 Å². The van der Waals surface area contributed by atoms with E-state index >= 15 is 0 Å². The molecule has 19 heavy (non-hydrogen) atoms. The minimum atomic E-state index is -0.586. The highest BCUT2D eigenvalue weighted by atomic mass is 16.5. The lowest BCUT2D eigenvalue weighted by atomic mass is 9.84. The smallest absolute Gasteiger partial charge is 0.320 e. The Hall–Kier alpha value is -2.08. The zero-order valence-electron chi connectivity index (χ0n) is 11.3. The zero-order chi connectivity index (χ0) is 14.7. The van der Waals surface area contributed by atoms with Gasteiger partial charge in [0.15, 0.2) is 0 Å². The summed E-state index contributed by atoms with van der Waals surface area (Å²) in [6.45, 7) is 4.00. The number of rotatable bonds is 8. The number of carbonyl (C=O) groups is 2. The van der Waals surface area contributed by atoms with Crippen LogP contribution in [-0.2, 0) is 19.1 Å². The predicted molar refractivity (Wildman–Crippen MR) is 65.4 cm³/mol. The van der Waals surface area contributed by atoms with Gasteiger partial charge >= 0.3 is 11.9 Å². The average Bonchev–Trinajstić information content (AvgIpc) is 2.40. The highest BCUT2D eigenvalue weighted by molar-refractivity contribution is 5.72. The number of nitriles is 2. The molecular weight excluding hydrogens is 248 g/mol. The predicted octanol–water partition coefficient (Wildman–Crippen LogP) is 1.71. The van der Waals surface area contributed by atoms with Crippen LogP contribution >= 0.6 is 0 Å². The molecule has 0 aromatic carbocycles. The fraction of sp³-hybridized carbons (Fsp3) is 0.692. The fourth-order valence-electron chi connectivity index (χ4n) is 1.40. The van der Waals surface area contributed by atoms with Crippen LogP contribution < -0.4 is 0 Å². The molecule has 6 heteroatoms. The number of esters is 2. The van der Waals surface area contributed by atoms with Crippen molar-refractivity contribution in [2.75, 3.05) is 13.2 Å². The largest absolute Gasteiger partial charge is 0.464 e. The van der Waals surface area contributed by atoms with E-state index in [1.165, 1.54) is 0 Å². The summed E-state index contributed by atoms with van der Waals surface area (Å²) < 4.78 is 10.0. The van der Waals surface area contributed by atoms with Gasteiger partial charge in [-0.15, -0.1) is 0 Å². The average molecular weight is 266 g/mol. The molecule has 0 aliphatic rings. The van der Waals surface area contributed by atoms with E-state index in [1.807, 2.05) is 13.8 Å². The van der Waals surface area contributed by atoms with Gasteiger partial charge in [0.1, 0.15) is 26.1 Å². The summed E-state index contributed by atoms with van der Waals surface area (Å²) in [5.41, 5.74) is -0.462. The summed E-state index contributed by atoms with van der Waals surface area (Å²) in [6.07, 6.45) is 0.724. The molecule has 0 fully saturated rings. The molecule has 0 bridgehead atoms. The molecule has 0 saturated heterocycles. The number of nitrogens with zero attached hydrogens (tertiary/aromatic N) is 2. The number of hydrogen-bond acceptors (Lipinski definition) is 6. The van der Waals surface area contributed by atoms with Crippen LogP contribution in [0.2, 0.25) is 0 Å². The Bertz CT molecular complexity index is 354. The van der Waals surface area contributed by atoms with Crippen LogP contribution in [0.5, 0.6) is 0 Å². The first kappa shape index (κ1) is 16.9. The highest BCUT2D eigenvalue weighted by Gasteiger charge is 2.30. The van der Waals surface area contributed by atoms with Gasteiger partial charge in [0.2, 0.25) is 0 Å². The molecule has 0 heterocycles. The molecule has 0 atom stereocenters. The first-order valence-corrected chi connectivity index (χ1v) is 6.08. The summed E-state index contributed by atoms with van der Waals surface area (Å²) in [5.74, 6) is -1.17. The molecule has 0 aliphatic heterocycles. The van der Waals surface area contributed by atoms with Gasteiger partial charge in [-0.2, -0.15) is 10.5 Å². The van der Waals surface area contributed by atoms with Crippen LogP contribution in [0, 0.1) is 28.1 Å². The maximum atomic E-state index is 11.2. The molecule has 0 aliphatic carbocycles. The first-order chi connectivity index (χ1) is 9.03. The van der Waals surface area contributed by atoms with Gasteiger partial charge in [-0.05, 0) is 12.8 Å². The SMILES string of the molecule is CCC(CC)(COC(=O)CC#N)COC(=O)CC#N. The van der Waals surface area contributed by atoms with Gasteiger partial charge in [-0.1, -0.05) is 13.8 Å². The summed E-state index contributed by atoms with van der Waals surface area (Å²) in [4.78, 5) is 22.3. The van der Waals surface area contributed by atoms with E-state index in [9.17, 15) is 9.59 Å². The van der Waals surface area contributed by atoms with Crippen LogP contribution in [0.25, 0.3) is 0 Å². The Morgan fingerprint density at radius 2 is 1.32 bits per heavy atom. The zero-order valence-corrected chi connectivity index (χ0v) is 11.3. The standard InChI is InChI=1S/C13H18N2O4/c1-3-13(4-2,9-18-11(16)5-7-14)10-19-12(17)6-8-15/h3-6,9-10H2,1-2H3. The Morgan fingerprint density at radius 3 is 1.58 bits per heavy atom. The van der Waals surface area contributed by atoms with E-state index in [2.05, 4.69) is 0 Å². The maximum absolute atomic E-state index is 11.2. The van der Waals surface area contributed by atoms with Crippen LogP contribution in [0.4, 0.5) is 0 Å². The minimum absolute atomic E-state index is 0.0976. The molecule has 0 amide bonds. The van der Waals surface area contributed by atoms with Crippen molar-refractivity contribution in [1.82, 2.24) is 0 Å². The van der Waals surface area contributed by atoms with Crippen molar-refractivity contribution >= 4 is 11.9 Å². The van der Waals surface area contributed by atoms with Gasteiger partial charge < -0.3 is 9.47 Å². The third-order valence-corrected chi connectivity index (χ3v) is 3.03. The van der Waals surface area contributed by atoms with E-state index in [0.29, 0.717) is 12.8 Å². The van der Waals surface area contributed by atoms with Crippen LogP contribution in [-0.4, -0.2) is 25.2 Å². The van der Waals surface area contributed by atoms with E-state index in [1.54, 1.807) is 12.1 Å². The van der Waals surface area contributed by atoms with Crippen LogP contribution in [0.3, 0.4) is 0 Å². The fourth-order valence-corrected chi connectivity index (χ4v) is 1.40. The summed E-state index contributed by atoms with van der Waals surface area (Å²) >= 11 is 0. The summed E-state index contributed by atoms with van der Waals surface area (Å²) in [7, 11) is 0. The van der Waals surface area contributed by atoms with Gasteiger partial charge in [0.25, 0.3) is 0 Å². The minimum Gasteiger partial charge on any atom is -0.464 e. The van der Waals surface area contributed by atoms with Crippen molar-refractivity contribution in [3.63, 3.8) is 0 Å². The quantitative estimate of drug-likeness (QED) is 0.620. The van der Waals surface area contributed by atoms with Gasteiger partial charge in [-0.25, -0.2) is 0 Å². The molecular formula is C13H18N2O4. The molecule has 0 N–H and O–H groups in total. The second kappa shape index (κ2) is 8.93. The number of hydrogen-bond donors (Lipinski definition) is 0. The lowest BCUT2D eigenvalue weighted by molar-refractivity contribution is -0.153. The topological polar surface area (TPSA) is 100 Å². The molecule has 0 spiro atoms. The molecule has 104 valence electrons. The summed E-state index contributed by atoms with van der Waals surface area (Å²) in [6, 6.07) is 3.42. The van der Waals surface area contributed by atoms with Crippen molar-refractivity contribution in [3.8, 4) is 12.1 Å². The van der Waals surface area contributed by atoms with Crippen molar-refractivity contribution < 1.29 is 19.1 Å². The lowest BCUT2D eigenvalue weighted by Gasteiger charge is -2.30. The third-order valence-electron chi connectivity index (χ3n) is 3.03. The molecule has 0 aromatic heterocycles. The van der Waals surface area contributed by atoms with Crippen molar-refractivity contribution in [2.45, 2.75) is 39.5 Å². The number of carbonyl (C=O) groups excluding carboxylic acids is 2. The molecule has 6 nitrogen and oxygen atoms in total. The number of ether oxygens (including phenoxy) is 2. The Morgan fingerprint density at radius 1 is 0.947 bits per heavy atom. The van der Waals surface area contributed by atoms with Gasteiger partial charge in [0.05, 0.1) is 12.1 Å². The van der Waals surface area contributed by atoms with Crippen molar-refractivity contribution in [2.24, 2.45) is 5.41 Å². The van der Waals surface area contributed by atoms with Gasteiger partial charge in [0, 0.05) is 5.41 Å². The van der Waals surface area contributed by atoms with Crippen LogP contribution in [0.1, 0.15) is 39.5 Å².